The molecule has 0 radical (unpaired) electrons. The van der Waals surface area contributed by atoms with Crippen LogP contribution in [0.2, 0.25) is 0 Å². The van der Waals surface area contributed by atoms with Gasteiger partial charge in [-0.2, -0.15) is 0 Å². The lowest BCUT2D eigenvalue weighted by atomic mass is 9.70. The van der Waals surface area contributed by atoms with Gasteiger partial charge in [0.1, 0.15) is 0 Å². The van der Waals surface area contributed by atoms with Crippen LogP contribution in [-0.4, -0.2) is 9.13 Å². The van der Waals surface area contributed by atoms with Gasteiger partial charge in [0.05, 0.1) is 32.9 Å². The first-order valence-corrected chi connectivity index (χ1v) is 38.1. The molecule has 17 aromatic carbocycles. The van der Waals surface area contributed by atoms with Crippen molar-refractivity contribution in [1.29, 1.82) is 0 Å². The maximum Gasteiger partial charge on any atom is 0.0746 e. The molecule has 24 rings (SSSR count). The number of para-hydroxylation sites is 1. The van der Waals surface area contributed by atoms with E-state index in [1.165, 1.54) is 192 Å². The molecular weight excluding hydrogens is 1310 g/mol. The minimum atomic E-state index is -0.612. The Bertz CT molecular complexity index is 7180. The van der Waals surface area contributed by atoms with Crippen LogP contribution in [0.4, 0.5) is 0 Å². The van der Waals surface area contributed by atoms with Gasteiger partial charge in [0.15, 0.2) is 0 Å². The first-order valence-electron chi connectivity index (χ1n) is 37.3. The van der Waals surface area contributed by atoms with E-state index in [-0.39, 0.29) is 0 Å². The van der Waals surface area contributed by atoms with Crippen LogP contribution >= 0.6 is 11.3 Å². The van der Waals surface area contributed by atoms with Gasteiger partial charge in [-0.25, -0.2) is 0 Å². The second kappa shape index (κ2) is 22.1. The second-order valence-electron chi connectivity index (χ2n) is 29.6. The molecule has 20 aromatic rings. The number of fused-ring (bicyclic) bond motifs is 31. The molecular formula is C104H62N2S. The summed E-state index contributed by atoms with van der Waals surface area (Å²) in [5.41, 5.74) is 38.6. The van der Waals surface area contributed by atoms with Crippen molar-refractivity contribution in [2.45, 2.75) is 10.8 Å². The number of nitrogens with zero attached hydrogens (tertiary/aromatic N) is 2. The Balaban J connectivity index is 0.705. The summed E-state index contributed by atoms with van der Waals surface area (Å²) >= 11 is 1.89. The Labute approximate surface area is 622 Å². The summed E-state index contributed by atoms with van der Waals surface area (Å²) in [7, 11) is 0. The molecule has 1 atom stereocenters. The van der Waals surface area contributed by atoms with Crippen molar-refractivity contribution in [3.8, 4) is 112 Å². The van der Waals surface area contributed by atoms with E-state index in [2.05, 4.69) is 385 Å². The van der Waals surface area contributed by atoms with Crippen molar-refractivity contribution in [1.82, 2.24) is 9.13 Å². The fourth-order valence-electron chi connectivity index (χ4n) is 20.3. The molecule has 3 heterocycles. The number of hydrogen-bond acceptors (Lipinski definition) is 1. The Morgan fingerprint density at radius 3 is 1.38 bits per heavy atom. The molecule has 0 saturated carbocycles. The normalized spacial score (nSPS) is 14.5. The van der Waals surface area contributed by atoms with Crippen molar-refractivity contribution < 1.29 is 0 Å². The van der Waals surface area contributed by atoms with Gasteiger partial charge in [-0.05, 0) is 194 Å². The highest BCUT2D eigenvalue weighted by atomic mass is 32.1. The maximum absolute atomic E-state index is 2.64. The predicted molar refractivity (Wildman–Crippen MR) is 448 cm³/mol. The highest BCUT2D eigenvalue weighted by Crippen LogP contribution is 2.67. The molecule has 0 N–H and O–H groups in total. The average molecular weight is 1370 g/mol. The van der Waals surface area contributed by atoms with E-state index < -0.39 is 10.8 Å². The molecule has 0 aliphatic heterocycles. The van der Waals surface area contributed by atoms with Crippen molar-refractivity contribution in [3.63, 3.8) is 0 Å². The maximum atomic E-state index is 2.64. The zero-order valence-corrected chi connectivity index (χ0v) is 58.9. The molecule has 3 aromatic heterocycles. The van der Waals surface area contributed by atoms with E-state index in [1.54, 1.807) is 0 Å². The molecule has 2 spiro atoms. The third-order valence-electron chi connectivity index (χ3n) is 24.5. The second-order valence-corrected chi connectivity index (χ2v) is 30.6. The van der Waals surface area contributed by atoms with Crippen molar-refractivity contribution in [3.05, 3.63) is 421 Å². The molecule has 4 aliphatic carbocycles. The van der Waals surface area contributed by atoms with E-state index in [4.69, 9.17) is 0 Å². The molecule has 107 heavy (non-hydrogen) atoms. The third kappa shape index (κ3) is 7.87. The topological polar surface area (TPSA) is 9.86 Å². The van der Waals surface area contributed by atoms with Crippen LogP contribution in [0.25, 0.3) is 175 Å². The minimum absolute atomic E-state index is 0.589. The third-order valence-corrected chi connectivity index (χ3v) is 25.7. The van der Waals surface area contributed by atoms with Crippen LogP contribution in [0.5, 0.6) is 0 Å². The summed E-state index contributed by atoms with van der Waals surface area (Å²) < 4.78 is 7.85. The number of thiophene rings is 1. The number of benzene rings is 17. The Kier molecular flexibility index (Phi) is 12.2. The van der Waals surface area contributed by atoms with Crippen LogP contribution in [0.15, 0.2) is 376 Å². The van der Waals surface area contributed by atoms with E-state index in [0.29, 0.717) is 0 Å². The summed E-state index contributed by atoms with van der Waals surface area (Å²) in [6.07, 6.45) is 0. The van der Waals surface area contributed by atoms with Gasteiger partial charge in [-0.3, -0.25) is 0 Å². The summed E-state index contributed by atoms with van der Waals surface area (Å²) in [6.45, 7) is 0. The summed E-state index contributed by atoms with van der Waals surface area (Å²) in [5.74, 6) is 0. The van der Waals surface area contributed by atoms with Crippen LogP contribution in [0, 0.1) is 0 Å². The highest BCUT2D eigenvalue weighted by Gasteiger charge is 2.55. The zero-order chi connectivity index (χ0) is 69.8. The Morgan fingerprint density at radius 1 is 0.206 bits per heavy atom. The summed E-state index contributed by atoms with van der Waals surface area (Å²) in [6, 6.07) is 143. The molecule has 2 nitrogen and oxygen atoms in total. The Morgan fingerprint density at radius 2 is 0.664 bits per heavy atom. The van der Waals surface area contributed by atoms with Gasteiger partial charge in [0.2, 0.25) is 0 Å². The number of rotatable bonds is 7. The summed E-state index contributed by atoms with van der Waals surface area (Å²) in [4.78, 5) is 0. The molecule has 1 unspecified atom stereocenters. The fourth-order valence-corrected chi connectivity index (χ4v) is 21.6. The van der Waals surface area contributed by atoms with E-state index >= 15 is 0 Å². The Hall–Kier alpha value is -13.4. The number of hydrogen-bond donors (Lipinski definition) is 0. The van der Waals surface area contributed by atoms with Gasteiger partial charge in [-0.1, -0.05) is 315 Å². The van der Waals surface area contributed by atoms with Crippen LogP contribution < -0.4 is 0 Å². The molecule has 4 aliphatic rings. The minimum Gasteiger partial charge on any atom is -0.309 e. The SMILES string of the molecule is c1ccc(-c2cc(-c3cccc(-c4cccc5c4-c4ccccc4C54c5ccccc5-c5c4ccc4c6ccccc6n(-c6ccc(-c7cccc8c7sc7ccccc78)cc6)c54)c3)cc(-n3c4ccc(-c5ccccc5)cc4c4ccc5c(c43)C3(c4ccccc4-c4ccccc43)c3ccccc3-5)c2)cc1. The largest absolute Gasteiger partial charge is 0.309 e. The lowest BCUT2D eigenvalue weighted by Crippen LogP contribution is -2.26. The van der Waals surface area contributed by atoms with Crippen molar-refractivity contribution in [2.75, 3.05) is 0 Å². The molecule has 3 heteroatoms. The molecule has 0 saturated heterocycles. The lowest BCUT2D eigenvalue weighted by Gasteiger charge is -2.31. The standard InChI is InChI=1S/C104H62N2S/c1-3-24-63(25-4-1)67-50-57-95-86(62-67)82-54-53-80-77-32-9-16-42-89(77)104(87-40-14-7-30-75(87)76-31-8-15-41-88(76)104)99(80)101(82)106(95)72-60-69(64-26-5-2-6-27-64)59-70(61-72)66-28-21-29-68(58-66)73-37-23-45-92-97(73)84-35-10-17-43-90(84)103(92)91-44-18-11-36-85(91)98-93(103)56-55-81-78-33-12-19-46-94(78)105(100(81)98)71-51-48-65(49-52-71)74-38-22-39-83-79-34-13-20-47-96(79)107-102(74)83/h1-62H. The molecule has 0 bridgehead atoms. The van der Waals surface area contributed by atoms with Crippen molar-refractivity contribution in [2.24, 2.45) is 0 Å². The molecule has 0 amide bonds. The van der Waals surface area contributed by atoms with Crippen molar-refractivity contribution >= 4 is 75.1 Å². The summed E-state index contributed by atoms with van der Waals surface area (Å²) in [5, 5.41) is 7.58. The van der Waals surface area contributed by atoms with Gasteiger partial charge in [0.25, 0.3) is 0 Å². The lowest BCUT2D eigenvalue weighted by molar-refractivity contribution is 0.794. The predicted octanol–water partition coefficient (Wildman–Crippen LogP) is 27.3. The molecule has 494 valence electrons. The van der Waals surface area contributed by atoms with Gasteiger partial charge >= 0.3 is 0 Å². The monoisotopic (exact) mass is 1370 g/mol. The highest BCUT2D eigenvalue weighted by molar-refractivity contribution is 7.26. The smallest absolute Gasteiger partial charge is 0.0746 e. The number of aromatic nitrogens is 2. The first-order chi connectivity index (χ1) is 53.1. The molecule has 0 fully saturated rings. The van der Waals surface area contributed by atoms with E-state index in [0.717, 1.165) is 28.1 Å². The van der Waals surface area contributed by atoms with Crippen LogP contribution in [0.1, 0.15) is 44.5 Å². The quantitative estimate of drug-likeness (QED) is 0.151. The van der Waals surface area contributed by atoms with Gasteiger partial charge < -0.3 is 9.13 Å². The van der Waals surface area contributed by atoms with E-state index in [1.807, 2.05) is 11.3 Å². The average Bonchev–Trinajstić information content (AvgIpc) is 1.50. The van der Waals surface area contributed by atoms with Gasteiger partial charge in [-0.15, -0.1) is 11.3 Å². The van der Waals surface area contributed by atoms with Crippen LogP contribution in [0.3, 0.4) is 0 Å². The first kappa shape index (κ1) is 59.0. The van der Waals surface area contributed by atoms with Gasteiger partial charge in [0, 0.05) is 64.2 Å². The van der Waals surface area contributed by atoms with Crippen LogP contribution in [-0.2, 0) is 10.8 Å². The zero-order valence-electron chi connectivity index (χ0n) is 58.1. The van der Waals surface area contributed by atoms with E-state index in [9.17, 15) is 0 Å². The fraction of sp³-hybridized carbons (Fsp3) is 0.0192.